The topological polar surface area (TPSA) is 34.1 Å². The number of benzene rings is 1. The Labute approximate surface area is 83.9 Å². The normalized spacial score (nSPS) is 9.86. The van der Waals surface area contributed by atoms with E-state index in [1.165, 1.54) is 6.92 Å². The summed E-state index contributed by atoms with van der Waals surface area (Å²) in [5.41, 5.74) is 1.77. The fraction of sp³-hybridized carbons (Fsp3) is 0.333. The summed E-state index contributed by atoms with van der Waals surface area (Å²) in [6, 6.07) is 7.44. The molecule has 2 heteroatoms. The fourth-order valence-electron chi connectivity index (χ4n) is 1.25. The third-order valence-corrected chi connectivity index (χ3v) is 2.04. The van der Waals surface area contributed by atoms with E-state index in [4.69, 9.17) is 0 Å². The van der Waals surface area contributed by atoms with Crippen LogP contribution < -0.4 is 0 Å². The van der Waals surface area contributed by atoms with Crippen LogP contribution in [0, 0.1) is 6.92 Å². The molecule has 0 radical (unpaired) electrons. The second-order valence-corrected chi connectivity index (χ2v) is 3.49. The Morgan fingerprint density at radius 1 is 1.21 bits per heavy atom. The van der Waals surface area contributed by atoms with E-state index in [9.17, 15) is 9.59 Å². The maximum Gasteiger partial charge on any atom is 0.163 e. The second-order valence-electron chi connectivity index (χ2n) is 3.49. The first-order valence-corrected chi connectivity index (χ1v) is 4.69. The van der Waals surface area contributed by atoms with Crippen LogP contribution in [-0.2, 0) is 4.79 Å². The van der Waals surface area contributed by atoms with Crippen LogP contribution in [0.4, 0.5) is 0 Å². The third-order valence-electron chi connectivity index (χ3n) is 2.04. The summed E-state index contributed by atoms with van der Waals surface area (Å²) in [6.07, 6.45) is 0.658. The van der Waals surface area contributed by atoms with Gasteiger partial charge in [0.15, 0.2) is 5.78 Å². The fourth-order valence-corrected chi connectivity index (χ4v) is 1.25. The quantitative estimate of drug-likeness (QED) is 0.684. The molecule has 0 unspecified atom stereocenters. The van der Waals surface area contributed by atoms with Crippen molar-refractivity contribution in [2.75, 3.05) is 0 Å². The molecule has 1 aromatic rings. The Morgan fingerprint density at radius 2 is 1.93 bits per heavy atom. The van der Waals surface area contributed by atoms with Crippen molar-refractivity contribution < 1.29 is 9.59 Å². The highest BCUT2D eigenvalue weighted by atomic mass is 16.1. The zero-order chi connectivity index (χ0) is 10.6. The largest absolute Gasteiger partial charge is 0.300 e. The van der Waals surface area contributed by atoms with Crippen LogP contribution in [0.5, 0.6) is 0 Å². The van der Waals surface area contributed by atoms with Crippen LogP contribution in [0.15, 0.2) is 24.3 Å². The average molecular weight is 190 g/mol. The predicted octanol–water partition coefficient (Wildman–Crippen LogP) is 2.55. The van der Waals surface area contributed by atoms with Crippen molar-refractivity contribution in [3.05, 3.63) is 35.4 Å². The van der Waals surface area contributed by atoms with E-state index in [0.717, 1.165) is 5.56 Å². The van der Waals surface area contributed by atoms with Gasteiger partial charge in [0.05, 0.1) is 0 Å². The van der Waals surface area contributed by atoms with E-state index >= 15 is 0 Å². The van der Waals surface area contributed by atoms with Gasteiger partial charge in [0, 0.05) is 18.4 Å². The maximum atomic E-state index is 11.5. The first-order chi connectivity index (χ1) is 6.59. The van der Waals surface area contributed by atoms with Crippen molar-refractivity contribution >= 4 is 11.6 Å². The first kappa shape index (κ1) is 10.6. The Kier molecular flexibility index (Phi) is 3.57. The molecule has 0 aliphatic heterocycles. The van der Waals surface area contributed by atoms with Crippen LogP contribution in [-0.4, -0.2) is 11.6 Å². The van der Waals surface area contributed by atoms with Gasteiger partial charge in [-0.3, -0.25) is 4.79 Å². The molecule has 0 N–H and O–H groups in total. The van der Waals surface area contributed by atoms with Crippen molar-refractivity contribution in [2.24, 2.45) is 0 Å². The summed E-state index contributed by atoms with van der Waals surface area (Å²) < 4.78 is 0. The number of Topliss-reactive ketones (excluding diaryl/α,β-unsaturated/α-hetero) is 2. The van der Waals surface area contributed by atoms with Crippen molar-refractivity contribution in [3.63, 3.8) is 0 Å². The molecule has 0 saturated heterocycles. The number of ketones is 2. The van der Waals surface area contributed by atoms with Gasteiger partial charge in [-0.25, -0.2) is 0 Å². The van der Waals surface area contributed by atoms with Gasteiger partial charge < -0.3 is 4.79 Å². The minimum atomic E-state index is 0.0453. The highest BCUT2D eigenvalue weighted by molar-refractivity contribution is 5.98. The molecule has 0 bridgehead atoms. The molecule has 0 atom stereocenters. The molecule has 1 rings (SSSR count). The molecular formula is C12H14O2. The molecule has 0 aliphatic rings. The van der Waals surface area contributed by atoms with Crippen molar-refractivity contribution in [1.29, 1.82) is 0 Å². The van der Waals surface area contributed by atoms with E-state index in [-0.39, 0.29) is 11.6 Å². The summed E-state index contributed by atoms with van der Waals surface area (Å²) in [5.74, 6) is 0.106. The number of carbonyl (C=O) groups is 2. The van der Waals surface area contributed by atoms with Crippen molar-refractivity contribution in [2.45, 2.75) is 26.7 Å². The number of aryl methyl sites for hydroxylation is 1. The zero-order valence-corrected chi connectivity index (χ0v) is 8.54. The zero-order valence-electron chi connectivity index (χ0n) is 8.54. The number of rotatable bonds is 4. The van der Waals surface area contributed by atoms with Crippen LogP contribution in [0.2, 0.25) is 0 Å². The van der Waals surface area contributed by atoms with Crippen LogP contribution in [0.3, 0.4) is 0 Å². The van der Waals surface area contributed by atoms with Gasteiger partial charge in [-0.2, -0.15) is 0 Å². The maximum absolute atomic E-state index is 11.5. The van der Waals surface area contributed by atoms with Crippen LogP contribution in [0.1, 0.15) is 35.7 Å². The molecule has 0 fully saturated rings. The first-order valence-electron chi connectivity index (χ1n) is 4.69. The van der Waals surface area contributed by atoms with Gasteiger partial charge in [-0.1, -0.05) is 23.8 Å². The van der Waals surface area contributed by atoms with E-state index in [2.05, 4.69) is 0 Å². The molecule has 0 amide bonds. The Morgan fingerprint density at radius 3 is 2.50 bits per heavy atom. The molecule has 1 aromatic carbocycles. The molecule has 14 heavy (non-hydrogen) atoms. The van der Waals surface area contributed by atoms with Crippen LogP contribution in [0.25, 0.3) is 0 Å². The molecule has 0 aromatic heterocycles. The Balaban J connectivity index is 2.65. The lowest BCUT2D eigenvalue weighted by Crippen LogP contribution is -2.02. The summed E-state index contributed by atoms with van der Waals surface area (Å²) in [6.45, 7) is 3.45. The van der Waals surface area contributed by atoms with Gasteiger partial charge in [-0.15, -0.1) is 0 Å². The third kappa shape index (κ3) is 3.13. The average Bonchev–Trinajstić information content (AvgIpc) is 2.14. The lowest BCUT2D eigenvalue weighted by atomic mass is 10.0. The summed E-state index contributed by atoms with van der Waals surface area (Å²) >= 11 is 0. The number of hydrogen-bond donors (Lipinski definition) is 0. The SMILES string of the molecule is CC(=O)CCC(=O)c1cccc(C)c1. The minimum absolute atomic E-state index is 0.0453. The highest BCUT2D eigenvalue weighted by Gasteiger charge is 2.06. The number of hydrogen-bond acceptors (Lipinski definition) is 2. The van der Waals surface area contributed by atoms with Gasteiger partial charge in [0.25, 0.3) is 0 Å². The standard InChI is InChI=1S/C12H14O2/c1-9-4-3-5-11(8-9)12(14)7-6-10(2)13/h3-5,8H,6-7H2,1-2H3. The summed E-state index contributed by atoms with van der Waals surface area (Å²) in [5, 5.41) is 0. The molecule has 74 valence electrons. The summed E-state index contributed by atoms with van der Waals surface area (Å²) in [7, 11) is 0. The van der Waals surface area contributed by atoms with E-state index < -0.39 is 0 Å². The highest BCUT2D eigenvalue weighted by Crippen LogP contribution is 2.08. The Bertz CT molecular complexity index is 353. The van der Waals surface area contributed by atoms with E-state index in [0.29, 0.717) is 18.4 Å². The molecule has 0 aliphatic carbocycles. The second kappa shape index (κ2) is 4.70. The smallest absolute Gasteiger partial charge is 0.163 e. The number of carbonyl (C=O) groups excluding carboxylic acids is 2. The lowest BCUT2D eigenvalue weighted by Gasteiger charge is -2.00. The molecule has 2 nitrogen and oxygen atoms in total. The molecule has 0 heterocycles. The Hall–Kier alpha value is -1.44. The molecule has 0 saturated carbocycles. The predicted molar refractivity (Wildman–Crippen MR) is 55.4 cm³/mol. The van der Waals surface area contributed by atoms with Gasteiger partial charge in [-0.05, 0) is 19.9 Å². The van der Waals surface area contributed by atoms with Gasteiger partial charge in [0.1, 0.15) is 5.78 Å². The molecular weight excluding hydrogens is 176 g/mol. The van der Waals surface area contributed by atoms with Crippen molar-refractivity contribution in [1.82, 2.24) is 0 Å². The van der Waals surface area contributed by atoms with E-state index in [1.54, 1.807) is 6.07 Å². The summed E-state index contributed by atoms with van der Waals surface area (Å²) in [4.78, 5) is 22.2. The lowest BCUT2D eigenvalue weighted by molar-refractivity contribution is -0.116. The van der Waals surface area contributed by atoms with Crippen LogP contribution >= 0.6 is 0 Å². The monoisotopic (exact) mass is 190 g/mol. The van der Waals surface area contributed by atoms with Crippen molar-refractivity contribution in [3.8, 4) is 0 Å². The van der Waals surface area contributed by atoms with Gasteiger partial charge >= 0.3 is 0 Å². The minimum Gasteiger partial charge on any atom is -0.300 e. The van der Waals surface area contributed by atoms with Gasteiger partial charge in [0.2, 0.25) is 0 Å². The van der Waals surface area contributed by atoms with E-state index in [1.807, 2.05) is 25.1 Å². The molecule has 0 spiro atoms.